The summed E-state index contributed by atoms with van der Waals surface area (Å²) in [5.74, 6) is 0. The number of hydrogen-bond donors (Lipinski definition) is 1. The van der Waals surface area contributed by atoms with Gasteiger partial charge in [-0.1, -0.05) is 0 Å². The maximum Gasteiger partial charge on any atom is 0.206 e. The summed E-state index contributed by atoms with van der Waals surface area (Å²) >= 11 is 3.94. The fourth-order valence-corrected chi connectivity index (χ4v) is 0.681. The van der Waals surface area contributed by atoms with Gasteiger partial charge < -0.3 is 0 Å². The molecular formula is C4H5N5S. The molecule has 0 bridgehead atoms. The summed E-state index contributed by atoms with van der Waals surface area (Å²) in [5, 5.41) is 19.1. The lowest BCUT2D eigenvalue weighted by Crippen LogP contribution is -1.99. The zero-order valence-electron chi connectivity index (χ0n) is 5.10. The molecule has 0 aliphatic carbocycles. The van der Waals surface area contributed by atoms with Gasteiger partial charge in [0, 0.05) is 0 Å². The van der Waals surface area contributed by atoms with E-state index in [1.165, 1.54) is 4.68 Å². The van der Waals surface area contributed by atoms with Crippen LogP contribution >= 0.6 is 12.6 Å². The van der Waals surface area contributed by atoms with Crippen molar-refractivity contribution in [1.82, 2.24) is 20.2 Å². The number of rotatable bonds is 2. The summed E-state index contributed by atoms with van der Waals surface area (Å²) in [6.07, 6.45) is 0.401. The van der Waals surface area contributed by atoms with E-state index in [4.69, 9.17) is 5.26 Å². The lowest BCUT2D eigenvalue weighted by molar-refractivity contribution is 0.558. The van der Waals surface area contributed by atoms with Crippen molar-refractivity contribution < 1.29 is 0 Å². The van der Waals surface area contributed by atoms with Crippen molar-refractivity contribution in [3.63, 3.8) is 0 Å². The first-order valence-electron chi connectivity index (χ1n) is 2.66. The van der Waals surface area contributed by atoms with E-state index in [-0.39, 0.29) is 0 Å². The first kappa shape index (κ1) is 7.02. The fraction of sp³-hybridized carbons (Fsp3) is 0.500. The van der Waals surface area contributed by atoms with Gasteiger partial charge in [0.15, 0.2) is 0 Å². The van der Waals surface area contributed by atoms with Crippen LogP contribution < -0.4 is 0 Å². The van der Waals surface area contributed by atoms with E-state index in [2.05, 4.69) is 28.2 Å². The molecule has 0 fully saturated rings. The van der Waals surface area contributed by atoms with Crippen LogP contribution in [0.2, 0.25) is 0 Å². The van der Waals surface area contributed by atoms with Crippen molar-refractivity contribution in [3.8, 4) is 6.07 Å². The average molecular weight is 155 g/mol. The summed E-state index contributed by atoms with van der Waals surface area (Å²) in [6, 6.07) is 1.98. The molecule has 0 aliphatic rings. The second-order valence-electron chi connectivity index (χ2n) is 1.61. The van der Waals surface area contributed by atoms with Crippen LogP contribution in [0.5, 0.6) is 0 Å². The van der Waals surface area contributed by atoms with Crippen LogP contribution in [0.1, 0.15) is 6.42 Å². The van der Waals surface area contributed by atoms with Crippen molar-refractivity contribution in [2.24, 2.45) is 0 Å². The quantitative estimate of drug-likeness (QED) is 0.604. The molecule has 0 aliphatic heterocycles. The van der Waals surface area contributed by atoms with E-state index >= 15 is 0 Å². The van der Waals surface area contributed by atoms with Gasteiger partial charge in [0.05, 0.1) is 19.0 Å². The van der Waals surface area contributed by atoms with Crippen molar-refractivity contribution in [2.75, 3.05) is 0 Å². The molecular weight excluding hydrogens is 150 g/mol. The van der Waals surface area contributed by atoms with Crippen LogP contribution in [0.15, 0.2) is 5.16 Å². The molecule has 0 amide bonds. The third kappa shape index (κ3) is 1.45. The number of nitriles is 1. The van der Waals surface area contributed by atoms with E-state index in [1.54, 1.807) is 0 Å². The van der Waals surface area contributed by atoms with Crippen LogP contribution in [0.25, 0.3) is 0 Å². The molecule has 1 rings (SSSR count). The Labute approximate surface area is 63.1 Å². The molecule has 0 spiro atoms. The summed E-state index contributed by atoms with van der Waals surface area (Å²) < 4.78 is 1.46. The molecule has 0 saturated carbocycles. The second kappa shape index (κ2) is 3.17. The predicted octanol–water partition coefficient (Wildman–Crippen LogP) is -0.125. The van der Waals surface area contributed by atoms with Crippen molar-refractivity contribution in [3.05, 3.63) is 0 Å². The Morgan fingerprint density at radius 3 is 3.00 bits per heavy atom. The van der Waals surface area contributed by atoms with E-state index in [1.807, 2.05) is 6.07 Å². The average Bonchev–Trinajstić information content (AvgIpc) is 2.31. The number of aromatic nitrogens is 4. The molecule has 0 radical (unpaired) electrons. The highest BCUT2D eigenvalue weighted by Crippen LogP contribution is 1.97. The minimum Gasteiger partial charge on any atom is -0.220 e. The van der Waals surface area contributed by atoms with Gasteiger partial charge in [-0.3, -0.25) is 0 Å². The van der Waals surface area contributed by atoms with Gasteiger partial charge in [-0.05, 0) is 10.4 Å². The smallest absolute Gasteiger partial charge is 0.206 e. The maximum atomic E-state index is 8.20. The fourth-order valence-electron chi connectivity index (χ4n) is 0.501. The zero-order chi connectivity index (χ0) is 7.40. The molecule has 0 atom stereocenters. The molecule has 0 unspecified atom stereocenters. The van der Waals surface area contributed by atoms with Crippen molar-refractivity contribution in [2.45, 2.75) is 18.1 Å². The maximum absolute atomic E-state index is 8.20. The van der Waals surface area contributed by atoms with Gasteiger partial charge in [-0.25, -0.2) is 4.68 Å². The van der Waals surface area contributed by atoms with Gasteiger partial charge in [-0.15, -0.1) is 17.7 Å². The SMILES string of the molecule is N#CCCn1nnnc1S. The molecule has 5 nitrogen and oxygen atoms in total. The minimum absolute atomic E-state index is 0.401. The predicted molar refractivity (Wildman–Crippen MR) is 35.3 cm³/mol. The first-order chi connectivity index (χ1) is 4.84. The summed E-state index contributed by atoms with van der Waals surface area (Å²) in [4.78, 5) is 0. The Bertz CT molecular complexity index is 248. The summed E-state index contributed by atoms with van der Waals surface area (Å²) in [6.45, 7) is 0.502. The van der Waals surface area contributed by atoms with Gasteiger partial charge >= 0.3 is 0 Å². The normalized spacial score (nSPS) is 9.20. The monoisotopic (exact) mass is 155 g/mol. The minimum atomic E-state index is 0.401. The third-order valence-corrected chi connectivity index (χ3v) is 1.27. The van der Waals surface area contributed by atoms with Crippen LogP contribution in [0.4, 0.5) is 0 Å². The molecule has 6 heteroatoms. The largest absolute Gasteiger partial charge is 0.220 e. The van der Waals surface area contributed by atoms with Gasteiger partial charge in [0.1, 0.15) is 0 Å². The number of thiol groups is 1. The van der Waals surface area contributed by atoms with E-state index in [0.717, 1.165) is 0 Å². The van der Waals surface area contributed by atoms with Gasteiger partial charge in [0.25, 0.3) is 0 Å². The Kier molecular flexibility index (Phi) is 2.23. The van der Waals surface area contributed by atoms with Crippen molar-refractivity contribution >= 4 is 12.6 Å². The molecule has 0 saturated heterocycles. The highest BCUT2D eigenvalue weighted by Gasteiger charge is 1.97. The molecule has 0 aromatic carbocycles. The lowest BCUT2D eigenvalue weighted by Gasteiger charge is -1.92. The van der Waals surface area contributed by atoms with Crippen LogP contribution in [-0.4, -0.2) is 20.2 Å². The number of aryl methyl sites for hydroxylation is 1. The van der Waals surface area contributed by atoms with E-state index in [9.17, 15) is 0 Å². The second-order valence-corrected chi connectivity index (χ2v) is 2.01. The zero-order valence-corrected chi connectivity index (χ0v) is 5.99. The Balaban J connectivity index is 2.59. The number of hydrogen-bond acceptors (Lipinski definition) is 5. The highest BCUT2D eigenvalue weighted by molar-refractivity contribution is 7.80. The Morgan fingerprint density at radius 1 is 1.70 bits per heavy atom. The molecule has 1 heterocycles. The number of tetrazole rings is 1. The van der Waals surface area contributed by atoms with E-state index < -0.39 is 0 Å². The van der Waals surface area contributed by atoms with Crippen LogP contribution in [-0.2, 0) is 6.54 Å². The Morgan fingerprint density at radius 2 is 2.50 bits per heavy atom. The standard InChI is InChI=1S/C4H5N5S/c5-2-1-3-9-4(10)6-7-8-9/h1,3H2,(H,6,8,10). The molecule has 52 valence electrons. The first-order valence-corrected chi connectivity index (χ1v) is 3.11. The lowest BCUT2D eigenvalue weighted by atomic mass is 10.5. The molecule has 1 aromatic rings. The van der Waals surface area contributed by atoms with Crippen LogP contribution in [0.3, 0.4) is 0 Å². The topological polar surface area (TPSA) is 67.4 Å². The van der Waals surface area contributed by atoms with E-state index in [0.29, 0.717) is 18.1 Å². The van der Waals surface area contributed by atoms with Crippen LogP contribution in [0, 0.1) is 11.3 Å². The molecule has 0 N–H and O–H groups in total. The van der Waals surface area contributed by atoms with Crippen molar-refractivity contribution in [1.29, 1.82) is 5.26 Å². The Hall–Kier alpha value is -1.09. The number of nitrogens with zero attached hydrogens (tertiary/aromatic N) is 5. The third-order valence-electron chi connectivity index (χ3n) is 0.948. The highest BCUT2D eigenvalue weighted by atomic mass is 32.1. The molecule has 10 heavy (non-hydrogen) atoms. The van der Waals surface area contributed by atoms with Gasteiger partial charge in [-0.2, -0.15) is 5.26 Å². The summed E-state index contributed by atoms with van der Waals surface area (Å²) in [7, 11) is 0. The van der Waals surface area contributed by atoms with Gasteiger partial charge in [0.2, 0.25) is 5.16 Å². The summed E-state index contributed by atoms with van der Waals surface area (Å²) in [5.41, 5.74) is 0. The molecule has 1 aromatic heterocycles.